The molecular formula is C43H42N4O4S. The first-order valence-electron chi connectivity index (χ1n) is 17.7. The van der Waals surface area contributed by atoms with Crippen LogP contribution in [0.5, 0.6) is 11.5 Å². The molecule has 8 nitrogen and oxygen atoms in total. The zero-order valence-corrected chi connectivity index (χ0v) is 30.2. The number of hydrogen-bond donors (Lipinski definition) is 2. The van der Waals surface area contributed by atoms with Gasteiger partial charge in [-0.25, -0.2) is 0 Å². The zero-order chi connectivity index (χ0) is 35.9. The lowest BCUT2D eigenvalue weighted by atomic mass is 9.96. The number of rotatable bonds is 15. The lowest BCUT2D eigenvalue weighted by Crippen LogP contribution is -2.10. The fourth-order valence-corrected chi connectivity index (χ4v) is 7.63. The minimum atomic E-state index is -0.807. The summed E-state index contributed by atoms with van der Waals surface area (Å²) in [5.41, 5.74) is 8.79. The number of nitrogens with one attached hydrogen (secondary N) is 1. The molecule has 0 saturated carbocycles. The maximum absolute atomic E-state index is 11.6. The van der Waals surface area contributed by atoms with E-state index in [0.717, 1.165) is 74.7 Å². The molecule has 0 radical (unpaired) electrons. The number of aliphatic carboxylic acids is 1. The second-order valence-corrected chi connectivity index (χ2v) is 14.0. The molecule has 1 aliphatic rings. The molecule has 6 aromatic rings. The van der Waals surface area contributed by atoms with Gasteiger partial charge in [-0.3, -0.25) is 9.36 Å². The second kappa shape index (κ2) is 16.2. The van der Waals surface area contributed by atoms with E-state index >= 15 is 0 Å². The molecule has 0 fully saturated rings. The normalized spacial score (nSPS) is 12.7. The number of carboxylic acids is 1. The molecule has 0 bridgehead atoms. The van der Waals surface area contributed by atoms with Crippen LogP contribution in [-0.4, -0.2) is 25.8 Å². The van der Waals surface area contributed by atoms with Gasteiger partial charge in [0.05, 0.1) is 5.92 Å². The van der Waals surface area contributed by atoms with Gasteiger partial charge in [-0.15, -0.1) is 10.2 Å². The number of aromatic nitrogens is 3. The fraction of sp³-hybridized carbons (Fsp3) is 0.233. The molecule has 1 heterocycles. The second-order valence-electron chi connectivity index (χ2n) is 13.0. The van der Waals surface area contributed by atoms with Gasteiger partial charge in [-0.2, -0.15) is 0 Å². The summed E-state index contributed by atoms with van der Waals surface area (Å²) in [4.78, 5) is 12.6. The highest BCUT2D eigenvalue weighted by atomic mass is 32.2. The summed E-state index contributed by atoms with van der Waals surface area (Å²) in [7, 11) is 0. The topological polar surface area (TPSA) is 98.5 Å². The average molecular weight is 711 g/mol. The van der Waals surface area contributed by atoms with E-state index in [2.05, 4.69) is 81.6 Å². The third-order valence-corrected chi connectivity index (χ3v) is 10.5. The van der Waals surface area contributed by atoms with E-state index < -0.39 is 11.9 Å². The largest absolute Gasteiger partial charge is 0.489 e. The number of anilines is 1. The number of fused-ring (bicyclic) bond motifs is 1. The van der Waals surface area contributed by atoms with Gasteiger partial charge >= 0.3 is 5.97 Å². The molecule has 7 rings (SSSR count). The van der Waals surface area contributed by atoms with Crippen molar-refractivity contribution in [3.8, 4) is 17.2 Å². The third-order valence-electron chi connectivity index (χ3n) is 9.53. The summed E-state index contributed by atoms with van der Waals surface area (Å²) in [5.74, 6) is 1.10. The van der Waals surface area contributed by atoms with Gasteiger partial charge in [0.15, 0.2) is 5.82 Å². The molecular weight excluding hydrogens is 669 g/mol. The Morgan fingerprint density at radius 1 is 0.846 bits per heavy atom. The standard InChI is InChI=1S/C43H42N4O4S/c1-3-36(42(48)49)31-18-21-33(22-19-31)44-26-32-20-23-35(25-40(32)50-27-30-11-6-4-7-12-30)52-43-46-45-41(47(43)34-13-8-5-9-14-34)28-51-39-24-17-29(2)37-15-10-16-38(37)39/h4-9,11-14,17-25,36,44H,3,10,15-16,26-28H2,1-2H3,(H,48,49). The highest BCUT2D eigenvalue weighted by Crippen LogP contribution is 2.36. The molecule has 264 valence electrons. The van der Waals surface area contributed by atoms with Crippen molar-refractivity contribution in [1.29, 1.82) is 0 Å². The monoisotopic (exact) mass is 710 g/mol. The Bertz CT molecular complexity index is 2140. The van der Waals surface area contributed by atoms with Crippen LogP contribution in [0.25, 0.3) is 5.69 Å². The van der Waals surface area contributed by atoms with Crippen molar-refractivity contribution in [3.63, 3.8) is 0 Å². The third kappa shape index (κ3) is 8.00. The SMILES string of the molecule is CCC(C(=O)O)c1ccc(NCc2ccc(Sc3nnc(COc4ccc(C)c5c4CCC5)n3-c3ccccc3)cc2OCc2ccccc2)cc1. The number of nitrogens with zero attached hydrogens (tertiary/aromatic N) is 3. The van der Waals surface area contributed by atoms with Crippen LogP contribution < -0.4 is 14.8 Å². The van der Waals surface area contributed by atoms with Crippen LogP contribution in [0.4, 0.5) is 5.69 Å². The Kier molecular flexibility index (Phi) is 10.9. The van der Waals surface area contributed by atoms with E-state index in [1.807, 2.05) is 67.6 Å². The molecule has 2 N–H and O–H groups in total. The Balaban J connectivity index is 1.13. The van der Waals surface area contributed by atoms with Gasteiger partial charge in [0.2, 0.25) is 5.16 Å². The van der Waals surface area contributed by atoms with Crippen molar-refractivity contribution in [2.24, 2.45) is 0 Å². The molecule has 1 unspecified atom stereocenters. The number of hydrogen-bond acceptors (Lipinski definition) is 7. The van der Waals surface area contributed by atoms with E-state index in [1.165, 1.54) is 28.5 Å². The number of ether oxygens (including phenoxy) is 2. The molecule has 0 spiro atoms. The summed E-state index contributed by atoms with van der Waals surface area (Å²) in [5, 5.41) is 23.0. The van der Waals surface area contributed by atoms with Gasteiger partial charge in [0, 0.05) is 28.4 Å². The Labute approximate surface area is 308 Å². The zero-order valence-electron chi connectivity index (χ0n) is 29.4. The predicted octanol–water partition coefficient (Wildman–Crippen LogP) is 9.56. The molecule has 5 aromatic carbocycles. The molecule has 1 aromatic heterocycles. The smallest absolute Gasteiger partial charge is 0.310 e. The molecule has 0 aliphatic heterocycles. The molecule has 1 aliphatic carbocycles. The van der Waals surface area contributed by atoms with Crippen LogP contribution in [0.2, 0.25) is 0 Å². The van der Waals surface area contributed by atoms with Gasteiger partial charge in [0.1, 0.15) is 24.7 Å². The van der Waals surface area contributed by atoms with Crippen molar-refractivity contribution >= 4 is 23.4 Å². The number of carbonyl (C=O) groups is 1. The number of aryl methyl sites for hydroxylation is 1. The van der Waals surface area contributed by atoms with Gasteiger partial charge < -0.3 is 19.9 Å². The predicted molar refractivity (Wildman–Crippen MR) is 205 cm³/mol. The molecule has 1 atom stereocenters. The Morgan fingerprint density at radius 3 is 2.33 bits per heavy atom. The van der Waals surface area contributed by atoms with Crippen LogP contribution >= 0.6 is 11.8 Å². The molecule has 0 saturated heterocycles. The number of benzene rings is 5. The van der Waals surface area contributed by atoms with Crippen LogP contribution in [0.15, 0.2) is 125 Å². The van der Waals surface area contributed by atoms with Gasteiger partial charge in [0.25, 0.3) is 0 Å². The first kappa shape index (κ1) is 34.9. The molecule has 9 heteroatoms. The maximum Gasteiger partial charge on any atom is 0.310 e. The van der Waals surface area contributed by atoms with Crippen LogP contribution in [-0.2, 0) is 37.4 Å². The summed E-state index contributed by atoms with van der Waals surface area (Å²) < 4.78 is 15.0. The van der Waals surface area contributed by atoms with Crippen molar-refractivity contribution in [3.05, 3.63) is 154 Å². The van der Waals surface area contributed by atoms with Crippen LogP contribution in [0.3, 0.4) is 0 Å². The van der Waals surface area contributed by atoms with E-state index in [-0.39, 0.29) is 0 Å². The van der Waals surface area contributed by atoms with Gasteiger partial charge in [-0.1, -0.05) is 79.7 Å². The van der Waals surface area contributed by atoms with Crippen molar-refractivity contribution < 1.29 is 19.4 Å². The van der Waals surface area contributed by atoms with E-state index in [0.29, 0.717) is 26.2 Å². The minimum absolute atomic E-state index is 0.296. The summed E-state index contributed by atoms with van der Waals surface area (Å²) in [6, 6.07) is 38.3. The summed E-state index contributed by atoms with van der Waals surface area (Å²) in [6.45, 7) is 5.31. The van der Waals surface area contributed by atoms with Crippen molar-refractivity contribution in [1.82, 2.24) is 14.8 Å². The summed E-state index contributed by atoms with van der Waals surface area (Å²) in [6.07, 6.45) is 3.84. The number of para-hydroxylation sites is 1. The van der Waals surface area contributed by atoms with E-state index in [9.17, 15) is 9.90 Å². The molecule has 52 heavy (non-hydrogen) atoms. The average Bonchev–Trinajstić information content (AvgIpc) is 3.83. The first-order chi connectivity index (χ1) is 25.5. The van der Waals surface area contributed by atoms with E-state index in [1.54, 1.807) is 0 Å². The lowest BCUT2D eigenvalue weighted by molar-refractivity contribution is -0.138. The summed E-state index contributed by atoms with van der Waals surface area (Å²) >= 11 is 1.53. The Morgan fingerprint density at radius 2 is 1.58 bits per heavy atom. The Hall–Kier alpha value is -5.54. The lowest BCUT2D eigenvalue weighted by Gasteiger charge is -2.16. The minimum Gasteiger partial charge on any atom is -0.489 e. The van der Waals surface area contributed by atoms with Crippen molar-refractivity contribution in [2.45, 2.75) is 75.3 Å². The number of carboxylic acid groups (broad SMARTS) is 1. The van der Waals surface area contributed by atoms with Crippen LogP contribution in [0.1, 0.15) is 64.9 Å². The highest BCUT2D eigenvalue weighted by molar-refractivity contribution is 7.99. The maximum atomic E-state index is 11.6. The molecule has 0 amide bonds. The van der Waals surface area contributed by atoms with Gasteiger partial charge in [-0.05, 0) is 115 Å². The quantitative estimate of drug-likeness (QED) is 0.109. The highest BCUT2D eigenvalue weighted by Gasteiger charge is 2.21. The van der Waals surface area contributed by atoms with Crippen molar-refractivity contribution in [2.75, 3.05) is 5.32 Å². The first-order valence-corrected chi connectivity index (χ1v) is 18.6. The fourth-order valence-electron chi connectivity index (χ4n) is 6.73. The van der Waals surface area contributed by atoms with E-state index in [4.69, 9.17) is 9.47 Å². The van der Waals surface area contributed by atoms with Crippen LogP contribution in [0, 0.1) is 6.92 Å².